The molecule has 3 unspecified atom stereocenters. The lowest BCUT2D eigenvalue weighted by Gasteiger charge is -2.62. The first-order valence-electron chi connectivity index (χ1n) is 9.55. The Hall–Kier alpha value is -2.14. The number of piperidine rings is 3. The van der Waals surface area contributed by atoms with Crippen LogP contribution < -0.4 is 0 Å². The van der Waals surface area contributed by atoms with E-state index in [1.807, 2.05) is 0 Å². The monoisotopic (exact) mass is 352 g/mol. The van der Waals surface area contributed by atoms with E-state index in [0.29, 0.717) is 18.7 Å². The van der Waals surface area contributed by atoms with Crippen LogP contribution in [0.2, 0.25) is 0 Å². The van der Waals surface area contributed by atoms with Crippen molar-refractivity contribution in [3.8, 4) is 0 Å². The summed E-state index contributed by atoms with van der Waals surface area (Å²) < 4.78 is 5.42. The third-order valence-electron chi connectivity index (χ3n) is 7.03. The van der Waals surface area contributed by atoms with Crippen LogP contribution in [0.25, 0.3) is 10.9 Å². The number of ether oxygens (including phenoxy) is 1. The molecule has 136 valence electrons. The van der Waals surface area contributed by atoms with E-state index in [1.165, 1.54) is 29.1 Å². The highest BCUT2D eigenvalue weighted by Crippen LogP contribution is 2.56. The van der Waals surface area contributed by atoms with Crippen LogP contribution in [0.15, 0.2) is 24.3 Å². The summed E-state index contributed by atoms with van der Waals surface area (Å²) in [7, 11) is 0. The Labute approximate surface area is 152 Å². The summed E-state index contributed by atoms with van der Waals surface area (Å²) in [5.41, 5.74) is 3.93. The standard InChI is InChI=1S/C21H24N2O3/c1-11-16(9-24)14-7-20-21-15(13-5-3-4-6-18(13)22-21)8-19(23(11)20)17(14)10-26-12(2)25/h3-6,9,11,14,16-17,19-20,22H,7-8,10H2,1-2H3/t11?,14-,16?,17+,19-,20-/m0/s1. The van der Waals surface area contributed by atoms with Gasteiger partial charge in [-0.25, -0.2) is 0 Å². The summed E-state index contributed by atoms with van der Waals surface area (Å²) in [6, 6.07) is 9.38. The molecule has 0 radical (unpaired) electrons. The molecule has 0 amide bonds. The summed E-state index contributed by atoms with van der Waals surface area (Å²) in [4.78, 5) is 29.4. The zero-order valence-corrected chi connectivity index (χ0v) is 15.1. The van der Waals surface area contributed by atoms with Gasteiger partial charge in [0.2, 0.25) is 0 Å². The summed E-state index contributed by atoms with van der Waals surface area (Å²) in [5.74, 6) is 0.288. The number of carbonyl (C=O) groups excluding carboxylic acids is 2. The molecule has 3 saturated heterocycles. The summed E-state index contributed by atoms with van der Waals surface area (Å²) >= 11 is 0. The summed E-state index contributed by atoms with van der Waals surface area (Å²) in [6.45, 7) is 4.06. The zero-order valence-electron chi connectivity index (χ0n) is 15.1. The van der Waals surface area contributed by atoms with Crippen molar-refractivity contribution < 1.29 is 14.3 Å². The fourth-order valence-electron chi connectivity index (χ4n) is 6.00. The van der Waals surface area contributed by atoms with E-state index < -0.39 is 0 Å². The third-order valence-corrected chi connectivity index (χ3v) is 7.03. The lowest BCUT2D eigenvalue weighted by molar-refractivity contribution is -0.165. The Morgan fingerprint density at radius 2 is 2.19 bits per heavy atom. The molecule has 2 aromatic rings. The van der Waals surface area contributed by atoms with Gasteiger partial charge in [-0.15, -0.1) is 0 Å². The highest BCUT2D eigenvalue weighted by molar-refractivity contribution is 5.85. The van der Waals surface area contributed by atoms with E-state index in [2.05, 4.69) is 41.1 Å². The molecule has 5 heteroatoms. The van der Waals surface area contributed by atoms with E-state index in [4.69, 9.17) is 4.74 Å². The van der Waals surface area contributed by atoms with Crippen molar-refractivity contribution in [1.29, 1.82) is 0 Å². The van der Waals surface area contributed by atoms with Crippen LogP contribution in [0.1, 0.15) is 37.6 Å². The van der Waals surface area contributed by atoms with Gasteiger partial charge in [0, 0.05) is 47.4 Å². The highest BCUT2D eigenvalue weighted by Gasteiger charge is 2.57. The molecule has 1 N–H and O–H groups in total. The molecule has 6 rings (SSSR count). The fraction of sp³-hybridized carbons (Fsp3) is 0.524. The van der Waals surface area contributed by atoms with Crippen LogP contribution in [0, 0.1) is 17.8 Å². The molecule has 26 heavy (non-hydrogen) atoms. The van der Waals surface area contributed by atoms with Crippen LogP contribution in [-0.2, 0) is 20.7 Å². The van der Waals surface area contributed by atoms with E-state index in [9.17, 15) is 9.59 Å². The Morgan fingerprint density at radius 3 is 2.96 bits per heavy atom. The van der Waals surface area contributed by atoms with Crippen LogP contribution in [0.5, 0.6) is 0 Å². The maximum atomic E-state index is 11.8. The first-order valence-corrected chi connectivity index (χ1v) is 9.55. The quantitative estimate of drug-likeness (QED) is 0.682. The fourth-order valence-corrected chi connectivity index (χ4v) is 6.00. The van der Waals surface area contributed by atoms with Gasteiger partial charge in [0.15, 0.2) is 0 Å². The number of esters is 1. The van der Waals surface area contributed by atoms with Crippen molar-refractivity contribution in [2.75, 3.05) is 6.61 Å². The van der Waals surface area contributed by atoms with Crippen LogP contribution >= 0.6 is 0 Å². The van der Waals surface area contributed by atoms with Gasteiger partial charge < -0.3 is 14.5 Å². The number of hydrogen-bond acceptors (Lipinski definition) is 4. The zero-order chi connectivity index (χ0) is 18.0. The Kier molecular flexibility index (Phi) is 3.51. The van der Waals surface area contributed by atoms with Gasteiger partial charge >= 0.3 is 5.97 Å². The Bertz CT molecular complexity index is 889. The van der Waals surface area contributed by atoms with Crippen molar-refractivity contribution >= 4 is 23.2 Å². The van der Waals surface area contributed by atoms with Crippen LogP contribution in [0.4, 0.5) is 0 Å². The van der Waals surface area contributed by atoms with Gasteiger partial charge in [0.1, 0.15) is 6.29 Å². The number of benzene rings is 1. The molecule has 4 aliphatic heterocycles. The minimum atomic E-state index is -0.239. The number of aromatic nitrogens is 1. The summed E-state index contributed by atoms with van der Waals surface area (Å²) in [5, 5.41) is 1.31. The molecule has 5 nitrogen and oxygen atoms in total. The number of carbonyl (C=O) groups is 2. The van der Waals surface area contributed by atoms with Crippen molar-refractivity contribution in [3.05, 3.63) is 35.5 Å². The lowest BCUT2D eigenvalue weighted by atomic mass is 9.60. The van der Waals surface area contributed by atoms with E-state index in [0.717, 1.165) is 19.1 Å². The van der Waals surface area contributed by atoms with E-state index >= 15 is 0 Å². The maximum Gasteiger partial charge on any atom is 0.302 e. The average Bonchev–Trinajstić information content (AvgIpc) is 3.00. The van der Waals surface area contributed by atoms with E-state index in [-0.39, 0.29) is 29.8 Å². The van der Waals surface area contributed by atoms with Crippen molar-refractivity contribution in [2.24, 2.45) is 17.8 Å². The van der Waals surface area contributed by atoms with Crippen LogP contribution in [-0.4, -0.2) is 40.8 Å². The topological polar surface area (TPSA) is 62.4 Å². The normalized spacial score (nSPS) is 37.4. The molecular formula is C21H24N2O3. The number of rotatable bonds is 3. The SMILES string of the molecule is CC(=O)OC[C@@H]1[C@H]2C[C@H]3c4[nH]c5ccccc5c4C[C@@H]1N3C(C)C2C=O. The number of para-hydroxylation sites is 1. The number of hydrogen-bond donors (Lipinski definition) is 1. The minimum absolute atomic E-state index is 0.0222. The molecule has 1 aromatic carbocycles. The number of H-pyrrole nitrogens is 1. The molecule has 5 heterocycles. The second-order valence-corrected chi connectivity index (χ2v) is 8.12. The molecular weight excluding hydrogens is 328 g/mol. The van der Waals surface area contributed by atoms with E-state index in [1.54, 1.807) is 0 Å². The number of nitrogens with one attached hydrogen (secondary N) is 1. The van der Waals surface area contributed by atoms with Crippen molar-refractivity contribution in [1.82, 2.24) is 9.88 Å². The Balaban J connectivity index is 1.60. The second kappa shape index (κ2) is 5.68. The molecule has 4 bridgehead atoms. The first kappa shape index (κ1) is 16.1. The molecule has 4 aliphatic rings. The predicted molar refractivity (Wildman–Crippen MR) is 97.6 cm³/mol. The predicted octanol–water partition coefficient (Wildman–Crippen LogP) is 2.85. The van der Waals surface area contributed by atoms with Crippen molar-refractivity contribution in [2.45, 2.75) is 44.8 Å². The van der Waals surface area contributed by atoms with Crippen molar-refractivity contribution in [3.63, 3.8) is 0 Å². The van der Waals surface area contributed by atoms with Gasteiger partial charge in [-0.05, 0) is 37.3 Å². The third kappa shape index (κ3) is 2.07. The lowest BCUT2D eigenvalue weighted by Crippen LogP contribution is -2.67. The smallest absolute Gasteiger partial charge is 0.302 e. The van der Waals surface area contributed by atoms with Gasteiger partial charge in [-0.2, -0.15) is 0 Å². The molecule has 0 spiro atoms. The second-order valence-electron chi connectivity index (χ2n) is 8.12. The first-order chi connectivity index (χ1) is 12.6. The number of nitrogens with zero attached hydrogens (tertiary/aromatic N) is 1. The van der Waals surface area contributed by atoms with Crippen LogP contribution in [0.3, 0.4) is 0 Å². The highest BCUT2D eigenvalue weighted by atomic mass is 16.5. The number of aldehydes is 1. The molecule has 1 aromatic heterocycles. The maximum absolute atomic E-state index is 11.8. The van der Waals surface area contributed by atoms with Gasteiger partial charge in [0.25, 0.3) is 0 Å². The Morgan fingerprint density at radius 1 is 1.38 bits per heavy atom. The largest absolute Gasteiger partial charge is 0.466 e. The molecule has 0 saturated carbocycles. The minimum Gasteiger partial charge on any atom is -0.466 e. The molecule has 3 fully saturated rings. The summed E-state index contributed by atoms with van der Waals surface area (Å²) in [6.07, 6.45) is 3.04. The van der Waals surface area contributed by atoms with Gasteiger partial charge in [-0.1, -0.05) is 18.2 Å². The number of fused-ring (bicyclic) bond motifs is 4. The molecule has 0 aliphatic carbocycles. The number of aromatic amines is 1. The van der Waals surface area contributed by atoms with Gasteiger partial charge in [-0.3, -0.25) is 9.69 Å². The molecule has 7 atom stereocenters. The van der Waals surface area contributed by atoms with Gasteiger partial charge in [0.05, 0.1) is 12.6 Å². The average molecular weight is 352 g/mol.